The van der Waals surface area contributed by atoms with E-state index in [1.807, 2.05) is 97.1 Å². The number of hydrogen-bond donors (Lipinski definition) is 1. The van der Waals surface area contributed by atoms with Crippen molar-refractivity contribution in [3.05, 3.63) is 145 Å². The molecule has 1 heterocycles. The second-order valence-electron chi connectivity index (χ2n) is 9.32. The maximum absolute atomic E-state index is 13.0. The van der Waals surface area contributed by atoms with Crippen molar-refractivity contribution in [3.63, 3.8) is 0 Å². The van der Waals surface area contributed by atoms with E-state index in [0.29, 0.717) is 11.3 Å². The van der Waals surface area contributed by atoms with Crippen LogP contribution in [0.2, 0.25) is 0 Å². The van der Waals surface area contributed by atoms with E-state index in [1.165, 1.54) is 0 Å². The Hall–Kier alpha value is -5.42. The number of nitrogens with zero attached hydrogens (tertiary/aromatic N) is 2. The van der Waals surface area contributed by atoms with Crippen LogP contribution < -0.4 is 10.2 Å². The molecule has 0 atom stereocenters. The Balaban J connectivity index is 1.28. The van der Waals surface area contributed by atoms with Crippen LogP contribution in [0.3, 0.4) is 0 Å². The fourth-order valence-electron chi connectivity index (χ4n) is 4.95. The molecule has 5 heteroatoms. The molecule has 0 saturated carbocycles. The van der Waals surface area contributed by atoms with E-state index < -0.39 is 0 Å². The lowest BCUT2D eigenvalue weighted by Gasteiger charge is -2.15. The van der Waals surface area contributed by atoms with Gasteiger partial charge in [0, 0.05) is 16.8 Å². The highest BCUT2D eigenvalue weighted by Gasteiger charge is 2.14. The molecule has 6 rings (SSSR count). The lowest BCUT2D eigenvalue weighted by Crippen LogP contribution is -2.17. The van der Waals surface area contributed by atoms with E-state index in [0.717, 1.165) is 44.5 Å². The first kappa shape index (κ1) is 24.9. The zero-order valence-electron chi connectivity index (χ0n) is 22.0. The smallest absolute Gasteiger partial charge is 0.271 e. The zero-order chi connectivity index (χ0) is 27.3. The highest BCUT2D eigenvalue weighted by atomic mass is 16.5. The molecule has 1 amide bonds. The van der Waals surface area contributed by atoms with Gasteiger partial charge in [-0.15, -0.1) is 0 Å². The average molecular weight is 522 g/mol. The largest absolute Gasteiger partial charge is 0.496 e. The molecule has 40 heavy (non-hydrogen) atoms. The number of carbonyl (C=O) groups is 1. The quantitative estimate of drug-likeness (QED) is 0.173. The number of nitrogens with one attached hydrogen (secondary N) is 1. The Morgan fingerprint density at radius 3 is 1.93 bits per heavy atom. The normalized spacial score (nSPS) is 11.1. The van der Waals surface area contributed by atoms with Gasteiger partial charge >= 0.3 is 0 Å². The van der Waals surface area contributed by atoms with Crippen LogP contribution in [0.25, 0.3) is 39.0 Å². The molecule has 5 aromatic carbocycles. The minimum atomic E-state index is -0.291. The van der Waals surface area contributed by atoms with Crippen LogP contribution in [-0.2, 0) is 0 Å². The number of benzene rings is 5. The van der Waals surface area contributed by atoms with Crippen LogP contribution in [0.4, 0.5) is 0 Å². The van der Waals surface area contributed by atoms with Gasteiger partial charge in [0.1, 0.15) is 5.75 Å². The van der Waals surface area contributed by atoms with Gasteiger partial charge in [-0.25, -0.2) is 5.43 Å². The Morgan fingerprint density at radius 1 is 0.700 bits per heavy atom. The predicted molar refractivity (Wildman–Crippen MR) is 162 cm³/mol. The molecule has 6 aromatic rings. The molecule has 0 radical (unpaired) electrons. The number of aromatic nitrogens is 1. The molecule has 194 valence electrons. The summed E-state index contributed by atoms with van der Waals surface area (Å²) in [6.07, 6.45) is 1.63. The number of rotatable bonds is 7. The summed E-state index contributed by atoms with van der Waals surface area (Å²) in [5.74, 6) is 0.400. The van der Waals surface area contributed by atoms with Crippen molar-refractivity contribution in [3.8, 4) is 34.0 Å². The Kier molecular flexibility index (Phi) is 6.93. The summed E-state index contributed by atoms with van der Waals surface area (Å²) in [6.45, 7) is 0. The predicted octanol–water partition coefficient (Wildman–Crippen LogP) is 7.74. The first-order chi connectivity index (χ1) is 19.7. The summed E-state index contributed by atoms with van der Waals surface area (Å²) in [4.78, 5) is 13.0. The van der Waals surface area contributed by atoms with E-state index in [4.69, 9.17) is 4.74 Å². The first-order valence-electron chi connectivity index (χ1n) is 13.0. The fraction of sp³-hybridized carbons (Fsp3) is 0.0286. The van der Waals surface area contributed by atoms with Crippen LogP contribution in [0.5, 0.6) is 5.75 Å². The zero-order valence-corrected chi connectivity index (χ0v) is 22.0. The van der Waals surface area contributed by atoms with Crippen molar-refractivity contribution in [2.45, 2.75) is 0 Å². The number of carbonyl (C=O) groups excluding carboxylic acids is 1. The monoisotopic (exact) mass is 521 g/mol. The first-order valence-corrected chi connectivity index (χ1v) is 13.0. The molecule has 0 aliphatic heterocycles. The lowest BCUT2D eigenvalue weighted by atomic mass is 10.0. The van der Waals surface area contributed by atoms with Crippen LogP contribution in [0, 0.1) is 0 Å². The third-order valence-corrected chi connectivity index (χ3v) is 6.92. The van der Waals surface area contributed by atoms with Crippen molar-refractivity contribution in [2.24, 2.45) is 5.10 Å². The second kappa shape index (κ2) is 11.1. The van der Waals surface area contributed by atoms with E-state index in [-0.39, 0.29) is 5.91 Å². The number of methoxy groups -OCH3 is 1. The maximum atomic E-state index is 13.0. The lowest BCUT2D eigenvalue weighted by molar-refractivity contribution is 0.0955. The topological polar surface area (TPSA) is 55.6 Å². The van der Waals surface area contributed by atoms with Gasteiger partial charge in [0.2, 0.25) is 0 Å². The van der Waals surface area contributed by atoms with Gasteiger partial charge in [-0.1, -0.05) is 91.0 Å². The molecule has 1 aromatic heterocycles. The second-order valence-corrected chi connectivity index (χ2v) is 9.32. The van der Waals surface area contributed by atoms with Gasteiger partial charge in [-0.05, 0) is 64.4 Å². The third-order valence-electron chi connectivity index (χ3n) is 6.92. The van der Waals surface area contributed by atoms with Crippen molar-refractivity contribution in [1.29, 1.82) is 0 Å². The van der Waals surface area contributed by atoms with Crippen LogP contribution in [0.1, 0.15) is 15.9 Å². The van der Waals surface area contributed by atoms with Crippen molar-refractivity contribution < 1.29 is 9.53 Å². The molecule has 1 N–H and O–H groups in total. The molecule has 0 spiro atoms. The number of hydrogen-bond acceptors (Lipinski definition) is 3. The van der Waals surface area contributed by atoms with Gasteiger partial charge in [0.05, 0.1) is 24.7 Å². The summed E-state index contributed by atoms with van der Waals surface area (Å²) in [5.41, 5.74) is 9.33. The number of ether oxygens (including phenoxy) is 1. The van der Waals surface area contributed by atoms with Gasteiger partial charge in [-0.2, -0.15) is 5.10 Å². The van der Waals surface area contributed by atoms with E-state index in [1.54, 1.807) is 13.3 Å². The minimum absolute atomic E-state index is 0.291. The van der Waals surface area contributed by atoms with E-state index in [9.17, 15) is 4.79 Å². The van der Waals surface area contributed by atoms with Crippen molar-refractivity contribution in [1.82, 2.24) is 9.99 Å². The maximum Gasteiger partial charge on any atom is 0.271 e. The molecule has 0 fully saturated rings. The summed E-state index contributed by atoms with van der Waals surface area (Å²) in [7, 11) is 1.62. The van der Waals surface area contributed by atoms with Crippen molar-refractivity contribution in [2.75, 3.05) is 7.11 Å². The highest BCUT2D eigenvalue weighted by Crippen LogP contribution is 2.32. The SMILES string of the molecule is COc1ccc2ccccc2c1/C=N\NC(=O)c1ccc(-n2c(-c3ccccc3)ccc2-c2ccccc2)cc1. The molecule has 0 aliphatic rings. The summed E-state index contributed by atoms with van der Waals surface area (Å²) < 4.78 is 7.74. The van der Waals surface area contributed by atoms with E-state index in [2.05, 4.69) is 51.5 Å². The molecule has 0 aliphatic carbocycles. The molecular weight excluding hydrogens is 494 g/mol. The van der Waals surface area contributed by atoms with Gasteiger partial charge in [0.25, 0.3) is 5.91 Å². The number of hydrazone groups is 1. The van der Waals surface area contributed by atoms with E-state index >= 15 is 0 Å². The molecule has 0 saturated heterocycles. The number of fused-ring (bicyclic) bond motifs is 1. The Morgan fingerprint density at radius 2 is 1.30 bits per heavy atom. The number of amides is 1. The standard InChI is InChI=1S/C35H27N3O2/c1-40-34-23-18-25-10-8-9-15-30(25)31(34)24-36-37-35(39)28-16-19-29(20-17-28)38-32(26-11-4-2-5-12-26)21-22-33(38)27-13-6-3-7-14-27/h2-24H,1H3,(H,37,39)/b36-24-. The molecule has 0 unspecified atom stereocenters. The Bertz CT molecular complexity index is 1750. The fourth-order valence-corrected chi connectivity index (χ4v) is 4.95. The van der Waals surface area contributed by atoms with Gasteiger partial charge in [-0.3, -0.25) is 4.79 Å². The van der Waals surface area contributed by atoms with Gasteiger partial charge < -0.3 is 9.30 Å². The minimum Gasteiger partial charge on any atom is -0.496 e. The van der Waals surface area contributed by atoms with Crippen LogP contribution in [-0.4, -0.2) is 23.8 Å². The molecule has 0 bridgehead atoms. The highest BCUT2D eigenvalue weighted by molar-refractivity contribution is 6.03. The van der Waals surface area contributed by atoms with Crippen LogP contribution >= 0.6 is 0 Å². The third kappa shape index (κ3) is 4.88. The summed E-state index contributed by atoms with van der Waals surface area (Å²) in [6, 6.07) is 44.3. The average Bonchev–Trinajstić information content (AvgIpc) is 3.47. The molecule has 5 nitrogen and oxygen atoms in total. The summed E-state index contributed by atoms with van der Waals surface area (Å²) >= 11 is 0. The van der Waals surface area contributed by atoms with Gasteiger partial charge in [0.15, 0.2) is 0 Å². The van der Waals surface area contributed by atoms with Crippen molar-refractivity contribution >= 4 is 22.9 Å². The Labute approximate surface area is 233 Å². The van der Waals surface area contributed by atoms with Crippen LogP contribution in [0.15, 0.2) is 139 Å². The molecular formula is C35H27N3O2. The summed E-state index contributed by atoms with van der Waals surface area (Å²) in [5, 5.41) is 6.32.